The van der Waals surface area contributed by atoms with Crippen molar-refractivity contribution in [2.75, 3.05) is 7.05 Å². The van der Waals surface area contributed by atoms with Crippen LogP contribution in [0.15, 0.2) is 0 Å². The van der Waals surface area contributed by atoms with Crippen LogP contribution in [0.2, 0.25) is 0 Å². The summed E-state index contributed by atoms with van der Waals surface area (Å²) in [5, 5.41) is 11.1. The molecule has 1 aliphatic rings. The molecule has 0 spiro atoms. The van der Waals surface area contributed by atoms with Crippen molar-refractivity contribution in [3.8, 4) is 0 Å². The number of rotatable bonds is 0. The molecule has 70 valence electrons. The maximum atomic E-state index is 9.79. The predicted octanol–water partition coefficient (Wildman–Crippen LogP) is 1.31. The Morgan fingerprint density at radius 3 is 1.75 bits per heavy atom. The topological polar surface area (TPSA) is 26.5 Å². The Labute approximate surface area is 74.3 Å². The van der Waals surface area contributed by atoms with Gasteiger partial charge in [0, 0.05) is 6.92 Å². The third-order valence-corrected chi connectivity index (χ3v) is 3.66. The summed E-state index contributed by atoms with van der Waals surface area (Å²) in [7, 11) is 2.01. The standard InChI is InChI=1S/C9H19N2O/c1-7-10(6)8(2,3)9(4,5)11(7)12/h12H,1-6H3/q+1. The van der Waals surface area contributed by atoms with Crippen molar-refractivity contribution in [1.82, 2.24) is 5.06 Å². The van der Waals surface area contributed by atoms with E-state index >= 15 is 0 Å². The maximum Gasteiger partial charge on any atom is 0.275 e. The smallest absolute Gasteiger partial charge is 0.257 e. The first kappa shape index (κ1) is 9.52. The number of hydroxylamine groups is 2. The molecule has 3 heteroatoms. The van der Waals surface area contributed by atoms with Crippen molar-refractivity contribution in [2.24, 2.45) is 0 Å². The summed E-state index contributed by atoms with van der Waals surface area (Å²) < 4.78 is 2.10. The minimum Gasteiger partial charge on any atom is -0.257 e. The number of nitrogens with zero attached hydrogens (tertiary/aromatic N) is 2. The molecule has 3 nitrogen and oxygen atoms in total. The second-order valence-corrected chi connectivity index (χ2v) is 4.54. The predicted molar refractivity (Wildman–Crippen MR) is 48.6 cm³/mol. The molecule has 0 amide bonds. The van der Waals surface area contributed by atoms with Gasteiger partial charge in [-0.3, -0.25) is 4.58 Å². The Morgan fingerprint density at radius 2 is 1.67 bits per heavy atom. The molecule has 0 aromatic rings. The Kier molecular flexibility index (Phi) is 1.76. The quantitative estimate of drug-likeness (QED) is 0.556. The highest BCUT2D eigenvalue weighted by atomic mass is 16.5. The van der Waals surface area contributed by atoms with Gasteiger partial charge in [0.15, 0.2) is 5.54 Å². The van der Waals surface area contributed by atoms with Gasteiger partial charge in [0.2, 0.25) is 0 Å². The molecule has 0 saturated carbocycles. The van der Waals surface area contributed by atoms with Crippen LogP contribution in [0.3, 0.4) is 0 Å². The lowest BCUT2D eigenvalue weighted by Gasteiger charge is -2.31. The van der Waals surface area contributed by atoms with Crippen LogP contribution in [0.5, 0.6) is 0 Å². The number of hydrogen-bond donors (Lipinski definition) is 1. The molecule has 0 aromatic carbocycles. The van der Waals surface area contributed by atoms with Gasteiger partial charge in [-0.15, -0.1) is 5.06 Å². The van der Waals surface area contributed by atoms with Crippen molar-refractivity contribution in [3.63, 3.8) is 0 Å². The zero-order valence-corrected chi connectivity index (χ0v) is 8.84. The van der Waals surface area contributed by atoms with Crippen LogP contribution in [-0.2, 0) is 0 Å². The van der Waals surface area contributed by atoms with E-state index in [-0.39, 0.29) is 11.1 Å². The van der Waals surface area contributed by atoms with Crippen LogP contribution in [0.25, 0.3) is 0 Å². The van der Waals surface area contributed by atoms with Gasteiger partial charge in [-0.2, -0.15) is 0 Å². The van der Waals surface area contributed by atoms with Crippen molar-refractivity contribution in [1.29, 1.82) is 0 Å². The lowest BCUT2D eigenvalue weighted by Crippen LogP contribution is -2.53. The second kappa shape index (κ2) is 2.22. The monoisotopic (exact) mass is 171 g/mol. The second-order valence-electron chi connectivity index (χ2n) is 4.54. The highest BCUT2D eigenvalue weighted by Crippen LogP contribution is 2.34. The molecule has 0 bridgehead atoms. The van der Waals surface area contributed by atoms with Crippen LogP contribution in [0.1, 0.15) is 34.6 Å². The zero-order valence-electron chi connectivity index (χ0n) is 8.84. The highest BCUT2D eigenvalue weighted by Gasteiger charge is 2.57. The van der Waals surface area contributed by atoms with E-state index in [0.717, 1.165) is 5.84 Å². The normalized spacial score (nSPS) is 26.8. The van der Waals surface area contributed by atoms with Crippen LogP contribution in [-0.4, -0.2) is 38.8 Å². The molecule has 1 rings (SSSR count). The average Bonchev–Trinajstić information content (AvgIpc) is 2.05. The van der Waals surface area contributed by atoms with Gasteiger partial charge >= 0.3 is 0 Å². The summed E-state index contributed by atoms with van der Waals surface area (Å²) in [6.07, 6.45) is 0. The fraction of sp³-hybridized carbons (Fsp3) is 0.889. The molecule has 0 saturated heterocycles. The maximum absolute atomic E-state index is 9.79. The number of amidine groups is 1. The fourth-order valence-electron chi connectivity index (χ4n) is 1.62. The molecule has 1 N–H and O–H groups in total. The summed E-state index contributed by atoms with van der Waals surface area (Å²) in [5.74, 6) is 0.907. The van der Waals surface area contributed by atoms with Crippen molar-refractivity contribution in [2.45, 2.75) is 45.7 Å². The van der Waals surface area contributed by atoms with Gasteiger partial charge in [-0.1, -0.05) is 0 Å². The Bertz CT molecular complexity index is 241. The first-order valence-corrected chi connectivity index (χ1v) is 4.29. The first-order chi connectivity index (χ1) is 5.23. The van der Waals surface area contributed by atoms with Crippen LogP contribution < -0.4 is 0 Å². The van der Waals surface area contributed by atoms with Crippen molar-refractivity contribution >= 4 is 5.84 Å². The molecule has 12 heavy (non-hydrogen) atoms. The van der Waals surface area contributed by atoms with Crippen LogP contribution in [0, 0.1) is 0 Å². The largest absolute Gasteiger partial charge is 0.275 e. The molecule has 0 atom stereocenters. The van der Waals surface area contributed by atoms with Crippen LogP contribution >= 0.6 is 0 Å². The lowest BCUT2D eigenvalue weighted by atomic mass is 9.83. The molecule has 0 aliphatic carbocycles. The SMILES string of the molecule is CC1=[N+](C)C(C)(C)C(C)(C)N1O. The summed E-state index contributed by atoms with van der Waals surface area (Å²) in [6, 6.07) is 0. The summed E-state index contributed by atoms with van der Waals surface area (Å²) in [4.78, 5) is 0. The third-order valence-electron chi connectivity index (χ3n) is 3.66. The summed E-state index contributed by atoms with van der Waals surface area (Å²) >= 11 is 0. The molecule has 0 aromatic heterocycles. The Hall–Kier alpha value is -0.570. The summed E-state index contributed by atoms with van der Waals surface area (Å²) in [6.45, 7) is 10.3. The van der Waals surface area contributed by atoms with E-state index in [2.05, 4.69) is 18.4 Å². The van der Waals surface area contributed by atoms with Gasteiger partial charge in [0.1, 0.15) is 5.54 Å². The van der Waals surface area contributed by atoms with Gasteiger partial charge in [-0.05, 0) is 27.7 Å². The van der Waals surface area contributed by atoms with Crippen molar-refractivity contribution in [3.05, 3.63) is 0 Å². The summed E-state index contributed by atoms with van der Waals surface area (Å²) in [5.41, 5.74) is -0.266. The molecular formula is C9H19N2O+. The van der Waals surface area contributed by atoms with Crippen LogP contribution in [0.4, 0.5) is 0 Å². The highest BCUT2D eigenvalue weighted by molar-refractivity contribution is 5.76. The van der Waals surface area contributed by atoms with Gasteiger partial charge in [0.25, 0.3) is 5.84 Å². The molecule has 0 unspecified atom stereocenters. The minimum absolute atomic E-state index is 0.0359. The first-order valence-electron chi connectivity index (χ1n) is 4.29. The molecule has 0 radical (unpaired) electrons. The van der Waals surface area contributed by atoms with E-state index in [0.29, 0.717) is 0 Å². The number of hydrogen-bond acceptors (Lipinski definition) is 2. The lowest BCUT2D eigenvalue weighted by molar-refractivity contribution is -0.574. The van der Waals surface area contributed by atoms with E-state index < -0.39 is 0 Å². The van der Waals surface area contributed by atoms with Crippen molar-refractivity contribution < 1.29 is 9.78 Å². The van der Waals surface area contributed by atoms with E-state index in [4.69, 9.17) is 0 Å². The van der Waals surface area contributed by atoms with Gasteiger partial charge in [-0.25, -0.2) is 5.21 Å². The molecule has 1 heterocycles. The fourth-order valence-corrected chi connectivity index (χ4v) is 1.62. The minimum atomic E-state index is -0.230. The van der Waals surface area contributed by atoms with E-state index in [9.17, 15) is 5.21 Å². The third kappa shape index (κ3) is 0.829. The van der Waals surface area contributed by atoms with E-state index in [1.54, 1.807) is 0 Å². The van der Waals surface area contributed by atoms with Gasteiger partial charge in [0.05, 0.1) is 7.05 Å². The van der Waals surface area contributed by atoms with E-state index in [1.807, 2.05) is 27.8 Å². The molecule has 0 fully saturated rings. The Balaban J connectivity index is 3.22. The molecular weight excluding hydrogens is 152 g/mol. The number of likely N-dealkylation sites (N-methyl/N-ethyl adjacent to an activating group) is 1. The van der Waals surface area contributed by atoms with E-state index in [1.165, 1.54) is 5.06 Å². The van der Waals surface area contributed by atoms with Gasteiger partial charge < -0.3 is 0 Å². The Morgan fingerprint density at radius 1 is 1.25 bits per heavy atom. The molecule has 1 aliphatic heterocycles. The average molecular weight is 171 g/mol. The zero-order chi connectivity index (χ0) is 9.73.